The second-order valence-electron chi connectivity index (χ2n) is 8.79. The van der Waals surface area contributed by atoms with Gasteiger partial charge in [0.25, 0.3) is 0 Å². The van der Waals surface area contributed by atoms with Crippen molar-refractivity contribution >= 4 is 17.5 Å². The second kappa shape index (κ2) is 11.4. The van der Waals surface area contributed by atoms with Gasteiger partial charge in [0.1, 0.15) is 13.2 Å². The number of anilines is 1. The molecule has 0 saturated carbocycles. The highest BCUT2D eigenvalue weighted by Crippen LogP contribution is 2.32. The minimum absolute atomic E-state index is 0.0736. The summed E-state index contributed by atoms with van der Waals surface area (Å²) in [6, 6.07) is 13.8. The topological polar surface area (TPSA) is 74.3 Å². The van der Waals surface area contributed by atoms with Gasteiger partial charge in [-0.15, -0.1) is 0 Å². The van der Waals surface area contributed by atoms with E-state index in [4.69, 9.17) is 9.47 Å². The molecule has 0 unspecified atom stereocenters. The quantitative estimate of drug-likeness (QED) is 0.644. The van der Waals surface area contributed by atoms with Gasteiger partial charge in [0.05, 0.1) is 13.1 Å². The molecule has 2 aromatic carbocycles. The maximum Gasteiger partial charge on any atom is 0.238 e. The summed E-state index contributed by atoms with van der Waals surface area (Å²) in [4.78, 5) is 31.7. The smallest absolute Gasteiger partial charge is 0.238 e. The van der Waals surface area contributed by atoms with Crippen molar-refractivity contribution in [3.8, 4) is 11.5 Å². The summed E-state index contributed by atoms with van der Waals surface area (Å²) in [5, 5.41) is 2.90. The van der Waals surface area contributed by atoms with Crippen LogP contribution in [-0.4, -0.2) is 85.5 Å². The SMILES string of the molecule is CCN(CC(=O)Nc1ccc2c(c1)OCCO2)CC(=O)N1CCN(Cc2ccccc2C)CC1. The molecule has 1 N–H and O–H groups in total. The summed E-state index contributed by atoms with van der Waals surface area (Å²) in [6.45, 7) is 10.2. The van der Waals surface area contributed by atoms with E-state index in [1.165, 1.54) is 11.1 Å². The zero-order valence-corrected chi connectivity index (χ0v) is 20.1. The first kappa shape index (κ1) is 24.0. The fourth-order valence-electron chi connectivity index (χ4n) is 4.28. The van der Waals surface area contributed by atoms with Crippen LogP contribution in [0, 0.1) is 6.92 Å². The molecule has 1 fully saturated rings. The zero-order chi connectivity index (χ0) is 23.9. The van der Waals surface area contributed by atoms with Crippen molar-refractivity contribution < 1.29 is 19.1 Å². The predicted octanol–water partition coefficient (Wildman–Crippen LogP) is 2.37. The largest absolute Gasteiger partial charge is 0.486 e. The van der Waals surface area contributed by atoms with Crippen LogP contribution in [0.25, 0.3) is 0 Å². The molecule has 0 bridgehead atoms. The van der Waals surface area contributed by atoms with Gasteiger partial charge in [0.15, 0.2) is 11.5 Å². The number of ether oxygens (including phenoxy) is 2. The number of rotatable bonds is 8. The molecule has 182 valence electrons. The van der Waals surface area contributed by atoms with Crippen LogP contribution in [0.4, 0.5) is 5.69 Å². The van der Waals surface area contributed by atoms with E-state index in [0.29, 0.717) is 50.0 Å². The molecule has 2 aliphatic rings. The van der Waals surface area contributed by atoms with Crippen molar-refractivity contribution in [2.75, 3.05) is 64.3 Å². The number of carbonyl (C=O) groups is 2. The number of nitrogens with zero attached hydrogens (tertiary/aromatic N) is 3. The van der Waals surface area contributed by atoms with E-state index in [9.17, 15) is 9.59 Å². The number of amides is 2. The van der Waals surface area contributed by atoms with E-state index < -0.39 is 0 Å². The molecule has 0 radical (unpaired) electrons. The Kier molecular flexibility index (Phi) is 8.03. The van der Waals surface area contributed by atoms with Crippen LogP contribution in [0.1, 0.15) is 18.1 Å². The number of fused-ring (bicyclic) bond motifs is 1. The average molecular weight is 467 g/mol. The van der Waals surface area contributed by atoms with E-state index in [1.54, 1.807) is 18.2 Å². The first-order valence-corrected chi connectivity index (χ1v) is 12.0. The monoisotopic (exact) mass is 466 g/mol. The number of piperazine rings is 1. The van der Waals surface area contributed by atoms with E-state index in [0.717, 1.165) is 19.6 Å². The predicted molar refractivity (Wildman–Crippen MR) is 131 cm³/mol. The molecule has 4 rings (SSSR count). The van der Waals surface area contributed by atoms with Gasteiger partial charge < -0.3 is 19.7 Å². The summed E-state index contributed by atoms with van der Waals surface area (Å²) in [7, 11) is 0. The van der Waals surface area contributed by atoms with Gasteiger partial charge in [-0.3, -0.25) is 19.4 Å². The van der Waals surface area contributed by atoms with Gasteiger partial charge >= 0.3 is 0 Å². The Morgan fingerprint density at radius 3 is 2.44 bits per heavy atom. The van der Waals surface area contributed by atoms with Gasteiger partial charge in [0.2, 0.25) is 11.8 Å². The lowest BCUT2D eigenvalue weighted by Gasteiger charge is -2.36. The summed E-state index contributed by atoms with van der Waals surface area (Å²) < 4.78 is 11.1. The van der Waals surface area contributed by atoms with E-state index in [-0.39, 0.29) is 24.9 Å². The van der Waals surface area contributed by atoms with Gasteiger partial charge in [-0.2, -0.15) is 0 Å². The average Bonchev–Trinajstić information content (AvgIpc) is 2.85. The van der Waals surface area contributed by atoms with Crippen LogP contribution < -0.4 is 14.8 Å². The van der Waals surface area contributed by atoms with Gasteiger partial charge in [-0.1, -0.05) is 31.2 Å². The van der Waals surface area contributed by atoms with Gasteiger partial charge in [-0.25, -0.2) is 0 Å². The first-order valence-electron chi connectivity index (χ1n) is 12.0. The third-order valence-electron chi connectivity index (χ3n) is 6.38. The van der Waals surface area contributed by atoms with Crippen LogP contribution in [0.5, 0.6) is 11.5 Å². The molecule has 2 aliphatic heterocycles. The fourth-order valence-corrected chi connectivity index (χ4v) is 4.28. The molecule has 1 saturated heterocycles. The minimum atomic E-state index is -0.158. The molecular formula is C26H34N4O4. The molecule has 34 heavy (non-hydrogen) atoms. The van der Waals surface area contributed by atoms with E-state index in [1.807, 2.05) is 16.7 Å². The minimum Gasteiger partial charge on any atom is -0.486 e. The van der Waals surface area contributed by atoms with Crippen LogP contribution >= 0.6 is 0 Å². The lowest BCUT2D eigenvalue weighted by atomic mass is 10.1. The molecule has 2 aromatic rings. The lowest BCUT2D eigenvalue weighted by Crippen LogP contribution is -2.51. The normalized spacial score (nSPS) is 15.9. The summed E-state index contributed by atoms with van der Waals surface area (Å²) in [5.74, 6) is 1.23. The Morgan fingerprint density at radius 1 is 0.971 bits per heavy atom. The van der Waals surface area contributed by atoms with Crippen molar-refractivity contribution in [1.82, 2.24) is 14.7 Å². The van der Waals surface area contributed by atoms with Crippen LogP contribution in [0.15, 0.2) is 42.5 Å². The second-order valence-corrected chi connectivity index (χ2v) is 8.79. The standard InChI is InChI=1S/C26H34N4O4/c1-3-28(18-25(31)27-22-8-9-23-24(16-22)34-15-14-33-23)19-26(32)30-12-10-29(11-13-30)17-21-7-5-4-6-20(21)2/h4-9,16H,3,10-15,17-19H2,1-2H3,(H,27,31). The zero-order valence-electron chi connectivity index (χ0n) is 20.1. The van der Waals surface area contributed by atoms with Crippen molar-refractivity contribution in [2.45, 2.75) is 20.4 Å². The molecule has 0 aliphatic carbocycles. The third-order valence-corrected chi connectivity index (χ3v) is 6.38. The molecule has 8 nitrogen and oxygen atoms in total. The third kappa shape index (κ3) is 6.27. The van der Waals surface area contributed by atoms with E-state index >= 15 is 0 Å². The maximum absolute atomic E-state index is 12.9. The molecule has 2 heterocycles. The molecule has 0 spiro atoms. The Morgan fingerprint density at radius 2 is 1.71 bits per heavy atom. The number of hydrogen-bond donors (Lipinski definition) is 1. The highest BCUT2D eigenvalue weighted by Gasteiger charge is 2.23. The Labute approximate surface area is 201 Å². The molecule has 0 atom stereocenters. The summed E-state index contributed by atoms with van der Waals surface area (Å²) in [5.41, 5.74) is 3.29. The van der Waals surface area contributed by atoms with Gasteiger partial charge in [0, 0.05) is 44.5 Å². The summed E-state index contributed by atoms with van der Waals surface area (Å²) >= 11 is 0. The number of hydrogen-bond acceptors (Lipinski definition) is 6. The number of aryl methyl sites for hydroxylation is 1. The Hall–Kier alpha value is -3.10. The molecule has 0 aromatic heterocycles. The molecule has 2 amide bonds. The number of benzene rings is 2. The lowest BCUT2D eigenvalue weighted by molar-refractivity contribution is -0.134. The van der Waals surface area contributed by atoms with Crippen LogP contribution in [0.2, 0.25) is 0 Å². The highest BCUT2D eigenvalue weighted by atomic mass is 16.6. The highest BCUT2D eigenvalue weighted by molar-refractivity contribution is 5.93. The van der Waals surface area contributed by atoms with Crippen molar-refractivity contribution in [2.24, 2.45) is 0 Å². The van der Waals surface area contributed by atoms with Gasteiger partial charge in [-0.05, 0) is 36.7 Å². The van der Waals surface area contributed by atoms with Crippen LogP contribution in [0.3, 0.4) is 0 Å². The van der Waals surface area contributed by atoms with Crippen molar-refractivity contribution in [3.05, 3.63) is 53.6 Å². The molecular weight excluding hydrogens is 432 g/mol. The fraction of sp³-hybridized carbons (Fsp3) is 0.462. The number of carbonyl (C=O) groups excluding carboxylic acids is 2. The van der Waals surface area contributed by atoms with Crippen LogP contribution in [-0.2, 0) is 16.1 Å². The Balaban J connectivity index is 1.23. The first-order chi connectivity index (χ1) is 16.5. The Bertz CT molecular complexity index is 1000. The summed E-state index contributed by atoms with van der Waals surface area (Å²) in [6.07, 6.45) is 0. The number of nitrogens with one attached hydrogen (secondary N) is 1. The number of likely N-dealkylation sites (N-methyl/N-ethyl adjacent to an activating group) is 1. The van der Waals surface area contributed by atoms with E-state index in [2.05, 4.69) is 41.4 Å². The van der Waals surface area contributed by atoms with Crippen molar-refractivity contribution in [3.63, 3.8) is 0 Å². The maximum atomic E-state index is 12.9. The molecule has 8 heteroatoms. The van der Waals surface area contributed by atoms with Crippen molar-refractivity contribution in [1.29, 1.82) is 0 Å².